The number of benzene rings is 1. The lowest BCUT2D eigenvalue weighted by molar-refractivity contribution is 0.415. The maximum atomic E-state index is 5.45. The van der Waals surface area contributed by atoms with Crippen molar-refractivity contribution in [2.75, 3.05) is 7.11 Å². The predicted molar refractivity (Wildman–Crippen MR) is 80.6 cm³/mol. The molecule has 0 amide bonds. The van der Waals surface area contributed by atoms with Crippen LogP contribution in [-0.2, 0) is 6.54 Å². The first-order valence-corrected chi connectivity index (χ1v) is 6.84. The second kappa shape index (κ2) is 5.13. The minimum atomic E-state index is 0.235. The van der Waals surface area contributed by atoms with E-state index >= 15 is 0 Å². The molecular formula is C14H16N4OS. The van der Waals surface area contributed by atoms with Gasteiger partial charge in [-0.3, -0.25) is 0 Å². The Morgan fingerprint density at radius 2 is 2.30 bits per heavy atom. The van der Waals surface area contributed by atoms with E-state index in [-0.39, 0.29) is 6.04 Å². The number of nitrogens with one attached hydrogen (secondary N) is 1. The van der Waals surface area contributed by atoms with Crippen LogP contribution in [0.2, 0.25) is 0 Å². The number of H-pyrrole nitrogens is 1. The molecule has 0 spiro atoms. The molecule has 1 atom stereocenters. The lowest BCUT2D eigenvalue weighted by atomic mass is 10.2. The lowest BCUT2D eigenvalue weighted by Crippen LogP contribution is -2.12. The summed E-state index contributed by atoms with van der Waals surface area (Å²) in [5, 5.41) is 0. The van der Waals surface area contributed by atoms with Crippen LogP contribution in [-0.4, -0.2) is 26.2 Å². The topological polar surface area (TPSA) is 47.8 Å². The summed E-state index contributed by atoms with van der Waals surface area (Å²) in [6.45, 7) is 2.97. The molecule has 0 aliphatic heterocycles. The molecule has 3 rings (SSSR count). The first-order chi connectivity index (χ1) is 9.69. The van der Waals surface area contributed by atoms with Crippen molar-refractivity contribution in [2.24, 2.45) is 0 Å². The third-order valence-electron chi connectivity index (χ3n) is 3.40. The Kier molecular flexibility index (Phi) is 3.31. The number of imidazole rings is 2. The van der Waals surface area contributed by atoms with Crippen LogP contribution in [0.1, 0.15) is 13.0 Å². The second-order valence-electron chi connectivity index (χ2n) is 4.79. The summed E-state index contributed by atoms with van der Waals surface area (Å²) in [6, 6.07) is 6.18. The monoisotopic (exact) mass is 288 g/mol. The molecule has 0 aliphatic rings. The van der Waals surface area contributed by atoms with Gasteiger partial charge in [0.15, 0.2) is 4.77 Å². The zero-order chi connectivity index (χ0) is 14.1. The zero-order valence-corrected chi connectivity index (χ0v) is 12.2. The highest BCUT2D eigenvalue weighted by atomic mass is 32.1. The van der Waals surface area contributed by atoms with Gasteiger partial charge in [-0.1, -0.05) is 0 Å². The van der Waals surface area contributed by atoms with E-state index in [9.17, 15) is 0 Å². The van der Waals surface area contributed by atoms with Crippen molar-refractivity contribution in [3.8, 4) is 5.75 Å². The second-order valence-corrected chi connectivity index (χ2v) is 5.18. The number of hydrogen-bond donors (Lipinski definition) is 1. The summed E-state index contributed by atoms with van der Waals surface area (Å²) in [7, 11) is 1.66. The van der Waals surface area contributed by atoms with Gasteiger partial charge in [0.05, 0.1) is 30.5 Å². The number of fused-ring (bicyclic) bond motifs is 1. The molecule has 104 valence electrons. The van der Waals surface area contributed by atoms with Crippen LogP contribution in [0.4, 0.5) is 0 Å². The summed E-state index contributed by atoms with van der Waals surface area (Å²) >= 11 is 5.45. The summed E-state index contributed by atoms with van der Waals surface area (Å²) in [5.41, 5.74) is 2.08. The molecule has 0 fully saturated rings. The van der Waals surface area contributed by atoms with E-state index in [0.29, 0.717) is 0 Å². The van der Waals surface area contributed by atoms with Crippen LogP contribution < -0.4 is 4.74 Å². The fourth-order valence-corrected chi connectivity index (χ4v) is 2.84. The van der Waals surface area contributed by atoms with Gasteiger partial charge in [-0.15, -0.1) is 0 Å². The first kappa shape index (κ1) is 12.9. The SMILES string of the molecule is COc1ccc2c(c1)[nH]c(=S)n2C(C)Cn1ccnc1. The molecule has 0 radical (unpaired) electrons. The zero-order valence-electron chi connectivity index (χ0n) is 11.4. The highest BCUT2D eigenvalue weighted by Crippen LogP contribution is 2.24. The molecule has 3 aromatic rings. The predicted octanol–water partition coefficient (Wildman–Crippen LogP) is 3.17. The molecule has 2 heterocycles. The number of nitrogens with zero attached hydrogens (tertiary/aromatic N) is 3. The maximum Gasteiger partial charge on any atom is 0.178 e. The van der Waals surface area contributed by atoms with Crippen LogP contribution in [0, 0.1) is 4.77 Å². The normalized spacial score (nSPS) is 12.7. The van der Waals surface area contributed by atoms with Gasteiger partial charge in [0, 0.05) is 25.0 Å². The quantitative estimate of drug-likeness (QED) is 0.750. The molecule has 20 heavy (non-hydrogen) atoms. The smallest absolute Gasteiger partial charge is 0.178 e. The molecule has 0 saturated carbocycles. The number of aromatic nitrogens is 4. The van der Waals surface area contributed by atoms with E-state index < -0.39 is 0 Å². The fraction of sp³-hybridized carbons (Fsp3) is 0.286. The Morgan fingerprint density at radius 3 is 3.00 bits per heavy atom. The summed E-state index contributed by atoms with van der Waals surface area (Å²) < 4.78 is 10.1. The molecule has 0 saturated heterocycles. The molecule has 6 heteroatoms. The standard InChI is InChI=1S/C14H16N4OS/c1-10(8-17-6-5-15-9-17)18-13-4-3-11(19-2)7-12(13)16-14(18)20/h3-7,9-10H,8H2,1-2H3,(H,16,20). The van der Waals surface area contributed by atoms with E-state index in [4.69, 9.17) is 17.0 Å². The Morgan fingerprint density at radius 1 is 1.45 bits per heavy atom. The number of aromatic amines is 1. The summed E-state index contributed by atoms with van der Waals surface area (Å²) in [5.74, 6) is 0.822. The van der Waals surface area contributed by atoms with Crippen molar-refractivity contribution in [1.29, 1.82) is 0 Å². The molecule has 5 nitrogen and oxygen atoms in total. The van der Waals surface area contributed by atoms with Crippen molar-refractivity contribution >= 4 is 23.3 Å². The largest absolute Gasteiger partial charge is 0.497 e. The van der Waals surface area contributed by atoms with Crippen molar-refractivity contribution in [2.45, 2.75) is 19.5 Å². The summed E-state index contributed by atoms with van der Waals surface area (Å²) in [6.07, 6.45) is 5.56. The Labute approximate surface area is 121 Å². The maximum absolute atomic E-state index is 5.45. The van der Waals surface area contributed by atoms with Gasteiger partial charge in [0.25, 0.3) is 0 Å². The lowest BCUT2D eigenvalue weighted by Gasteiger charge is -2.15. The minimum absolute atomic E-state index is 0.235. The minimum Gasteiger partial charge on any atom is -0.497 e. The molecule has 2 aromatic heterocycles. The number of rotatable bonds is 4. The Balaban J connectivity index is 2.02. The van der Waals surface area contributed by atoms with Crippen LogP contribution in [0.5, 0.6) is 5.75 Å². The van der Waals surface area contributed by atoms with Gasteiger partial charge in [-0.25, -0.2) is 4.98 Å². The number of methoxy groups -OCH3 is 1. The number of ether oxygens (including phenoxy) is 1. The van der Waals surface area contributed by atoms with Crippen LogP contribution in [0.15, 0.2) is 36.9 Å². The van der Waals surface area contributed by atoms with Crippen molar-refractivity contribution < 1.29 is 4.74 Å². The van der Waals surface area contributed by atoms with E-state index in [1.54, 1.807) is 13.3 Å². The Hall–Kier alpha value is -2.08. The van der Waals surface area contributed by atoms with Crippen LogP contribution in [0.25, 0.3) is 11.0 Å². The van der Waals surface area contributed by atoms with Crippen molar-refractivity contribution in [3.05, 3.63) is 41.7 Å². The molecule has 1 unspecified atom stereocenters. The fourth-order valence-electron chi connectivity index (χ4n) is 2.46. The molecule has 1 N–H and O–H groups in total. The van der Waals surface area contributed by atoms with E-state index in [1.807, 2.05) is 30.7 Å². The van der Waals surface area contributed by atoms with Gasteiger partial charge in [0.2, 0.25) is 0 Å². The van der Waals surface area contributed by atoms with Gasteiger partial charge in [-0.05, 0) is 31.3 Å². The van der Waals surface area contributed by atoms with Gasteiger partial charge in [0.1, 0.15) is 5.75 Å². The summed E-state index contributed by atoms with van der Waals surface area (Å²) in [4.78, 5) is 7.30. The average Bonchev–Trinajstić information content (AvgIpc) is 3.03. The van der Waals surface area contributed by atoms with Crippen molar-refractivity contribution in [1.82, 2.24) is 19.1 Å². The van der Waals surface area contributed by atoms with E-state index in [0.717, 1.165) is 28.1 Å². The number of hydrogen-bond acceptors (Lipinski definition) is 3. The van der Waals surface area contributed by atoms with Crippen molar-refractivity contribution in [3.63, 3.8) is 0 Å². The molecular weight excluding hydrogens is 272 g/mol. The molecule has 0 aliphatic carbocycles. The first-order valence-electron chi connectivity index (χ1n) is 6.43. The van der Waals surface area contributed by atoms with Gasteiger partial charge < -0.3 is 18.9 Å². The average molecular weight is 288 g/mol. The Bertz CT molecular complexity index is 772. The third-order valence-corrected chi connectivity index (χ3v) is 3.70. The third kappa shape index (κ3) is 2.22. The highest BCUT2D eigenvalue weighted by Gasteiger charge is 2.12. The molecule has 0 bridgehead atoms. The van der Waals surface area contributed by atoms with Gasteiger partial charge in [-0.2, -0.15) is 0 Å². The highest BCUT2D eigenvalue weighted by molar-refractivity contribution is 7.71. The van der Waals surface area contributed by atoms with Crippen LogP contribution >= 0.6 is 12.2 Å². The van der Waals surface area contributed by atoms with E-state index in [1.165, 1.54) is 0 Å². The van der Waals surface area contributed by atoms with Gasteiger partial charge >= 0.3 is 0 Å². The van der Waals surface area contributed by atoms with Crippen LogP contribution in [0.3, 0.4) is 0 Å². The van der Waals surface area contributed by atoms with E-state index in [2.05, 4.69) is 26.0 Å². The molecule has 1 aromatic carbocycles.